The number of nitrogens with two attached hydrogens (primary N) is 1. The number of hydrogen-bond acceptors (Lipinski definition) is 4. The molecule has 0 aliphatic rings. The Morgan fingerprint density at radius 3 is 2.53 bits per heavy atom. The van der Waals surface area contributed by atoms with E-state index < -0.39 is 45.5 Å². The van der Waals surface area contributed by atoms with Gasteiger partial charge in [0, 0.05) is 5.02 Å². The molecule has 0 aliphatic heterocycles. The predicted molar refractivity (Wildman–Crippen MR) is 63.0 cm³/mol. The standard InChI is InChI=1S/C9H10ClF3N2O3S/c10-5-1-6(14)8(11)7(2-5)19(17,18)15-3-9(12,13)4-16/h1-2,15-16H,3-4,14H2. The van der Waals surface area contributed by atoms with Crippen LogP contribution >= 0.6 is 11.6 Å². The summed E-state index contributed by atoms with van der Waals surface area (Å²) < 4.78 is 63.8. The van der Waals surface area contributed by atoms with Gasteiger partial charge in [-0.25, -0.2) is 26.3 Å². The SMILES string of the molecule is Nc1cc(Cl)cc(S(=O)(=O)NCC(F)(F)CO)c1F. The highest BCUT2D eigenvalue weighted by Crippen LogP contribution is 2.25. The van der Waals surface area contributed by atoms with Crippen LogP contribution in [0, 0.1) is 5.82 Å². The van der Waals surface area contributed by atoms with Crippen LogP contribution in [0.15, 0.2) is 17.0 Å². The van der Waals surface area contributed by atoms with Gasteiger partial charge in [-0.15, -0.1) is 0 Å². The first-order chi connectivity index (χ1) is 8.59. The number of sulfonamides is 1. The van der Waals surface area contributed by atoms with E-state index in [1.165, 1.54) is 4.72 Å². The normalized spacial score (nSPS) is 12.7. The number of nitrogens with one attached hydrogen (secondary N) is 1. The van der Waals surface area contributed by atoms with Gasteiger partial charge in [0.1, 0.15) is 11.5 Å². The summed E-state index contributed by atoms with van der Waals surface area (Å²) in [5.41, 5.74) is 4.66. The third-order valence-corrected chi connectivity index (χ3v) is 3.69. The highest BCUT2D eigenvalue weighted by atomic mass is 35.5. The Morgan fingerprint density at radius 1 is 1.42 bits per heavy atom. The smallest absolute Gasteiger partial charge is 0.283 e. The summed E-state index contributed by atoms with van der Waals surface area (Å²) in [7, 11) is -4.56. The lowest BCUT2D eigenvalue weighted by molar-refractivity contribution is -0.0437. The molecule has 0 saturated heterocycles. The number of alkyl halides is 2. The van der Waals surface area contributed by atoms with Gasteiger partial charge in [0.2, 0.25) is 10.0 Å². The largest absolute Gasteiger partial charge is 0.396 e. The highest BCUT2D eigenvalue weighted by molar-refractivity contribution is 7.89. The minimum atomic E-state index is -4.56. The Balaban J connectivity index is 3.08. The van der Waals surface area contributed by atoms with Crippen molar-refractivity contribution in [1.29, 1.82) is 0 Å². The van der Waals surface area contributed by atoms with Crippen LogP contribution in [-0.2, 0) is 10.0 Å². The van der Waals surface area contributed by atoms with Gasteiger partial charge < -0.3 is 10.8 Å². The van der Waals surface area contributed by atoms with Gasteiger partial charge in [-0.3, -0.25) is 0 Å². The van der Waals surface area contributed by atoms with E-state index in [1.807, 2.05) is 0 Å². The van der Waals surface area contributed by atoms with E-state index in [4.69, 9.17) is 22.4 Å². The van der Waals surface area contributed by atoms with E-state index in [0.717, 1.165) is 12.1 Å². The molecule has 0 aromatic heterocycles. The molecule has 0 heterocycles. The fourth-order valence-corrected chi connectivity index (χ4v) is 2.60. The molecule has 1 aromatic rings. The van der Waals surface area contributed by atoms with Gasteiger partial charge in [-0.05, 0) is 12.1 Å². The van der Waals surface area contributed by atoms with E-state index in [2.05, 4.69) is 0 Å². The molecule has 108 valence electrons. The Labute approximate surface area is 112 Å². The maximum Gasteiger partial charge on any atom is 0.283 e. The topological polar surface area (TPSA) is 92.4 Å². The molecule has 4 N–H and O–H groups in total. The zero-order valence-corrected chi connectivity index (χ0v) is 10.9. The molecule has 0 atom stereocenters. The number of anilines is 1. The summed E-state index contributed by atoms with van der Waals surface area (Å²) in [4.78, 5) is -0.939. The lowest BCUT2D eigenvalue weighted by Crippen LogP contribution is -2.39. The fraction of sp³-hybridized carbons (Fsp3) is 0.333. The third-order valence-electron chi connectivity index (χ3n) is 2.07. The van der Waals surface area contributed by atoms with Crippen LogP contribution in [0.4, 0.5) is 18.9 Å². The molecule has 0 fully saturated rings. The van der Waals surface area contributed by atoms with Crippen molar-refractivity contribution in [2.45, 2.75) is 10.8 Å². The Hall–Kier alpha value is -1.03. The fourth-order valence-electron chi connectivity index (χ4n) is 1.11. The van der Waals surface area contributed by atoms with Crippen LogP contribution in [0.2, 0.25) is 5.02 Å². The summed E-state index contributed by atoms with van der Waals surface area (Å²) in [6.45, 7) is -2.92. The van der Waals surface area contributed by atoms with Crippen molar-refractivity contribution in [2.75, 3.05) is 18.9 Å². The van der Waals surface area contributed by atoms with Gasteiger partial charge in [-0.1, -0.05) is 11.6 Å². The molecule has 0 saturated carbocycles. The first-order valence-corrected chi connectivity index (χ1v) is 6.68. The molecule has 0 bridgehead atoms. The van der Waals surface area contributed by atoms with Gasteiger partial charge >= 0.3 is 0 Å². The van der Waals surface area contributed by atoms with Crippen molar-refractivity contribution in [3.63, 3.8) is 0 Å². The molecule has 19 heavy (non-hydrogen) atoms. The molecule has 0 aliphatic carbocycles. The maximum absolute atomic E-state index is 13.5. The quantitative estimate of drug-likeness (QED) is 0.705. The highest BCUT2D eigenvalue weighted by Gasteiger charge is 2.31. The van der Waals surface area contributed by atoms with E-state index in [1.54, 1.807) is 0 Å². The van der Waals surface area contributed by atoms with Gasteiger partial charge in [0.25, 0.3) is 5.92 Å². The van der Waals surface area contributed by atoms with E-state index in [0.29, 0.717) is 0 Å². The van der Waals surface area contributed by atoms with Crippen molar-refractivity contribution in [1.82, 2.24) is 4.72 Å². The minimum absolute atomic E-state index is 0.159. The average molecular weight is 319 g/mol. The van der Waals surface area contributed by atoms with Crippen molar-refractivity contribution < 1.29 is 26.7 Å². The van der Waals surface area contributed by atoms with Crippen LogP contribution in [-0.4, -0.2) is 32.6 Å². The van der Waals surface area contributed by atoms with Crippen LogP contribution < -0.4 is 10.5 Å². The monoisotopic (exact) mass is 318 g/mol. The molecular weight excluding hydrogens is 309 g/mol. The number of aliphatic hydroxyl groups is 1. The summed E-state index contributed by atoms with van der Waals surface area (Å²) in [5.74, 6) is -4.95. The maximum atomic E-state index is 13.5. The molecule has 0 amide bonds. The summed E-state index contributed by atoms with van der Waals surface area (Å²) in [6, 6.07) is 1.73. The third kappa shape index (κ3) is 3.96. The Bertz CT molecular complexity index is 580. The zero-order chi connectivity index (χ0) is 14.8. The van der Waals surface area contributed by atoms with Gasteiger partial charge in [-0.2, -0.15) is 0 Å². The summed E-state index contributed by atoms with van der Waals surface area (Å²) in [5, 5.41) is 8.15. The van der Waals surface area contributed by atoms with Crippen LogP contribution in [0.1, 0.15) is 0 Å². The van der Waals surface area contributed by atoms with Gasteiger partial charge in [0.15, 0.2) is 5.82 Å². The number of rotatable bonds is 5. The first-order valence-electron chi connectivity index (χ1n) is 4.82. The number of halogens is 4. The van der Waals surface area contributed by atoms with Crippen LogP contribution in [0.25, 0.3) is 0 Å². The lowest BCUT2D eigenvalue weighted by Gasteiger charge is -2.15. The second kappa shape index (κ2) is 5.53. The Morgan fingerprint density at radius 2 is 2.00 bits per heavy atom. The number of hydrogen-bond donors (Lipinski definition) is 3. The molecule has 1 rings (SSSR count). The molecule has 1 aromatic carbocycles. The van der Waals surface area contributed by atoms with Crippen LogP contribution in [0.5, 0.6) is 0 Å². The second-order valence-electron chi connectivity index (χ2n) is 3.65. The lowest BCUT2D eigenvalue weighted by atomic mass is 10.3. The number of aliphatic hydroxyl groups excluding tert-OH is 1. The van der Waals surface area contributed by atoms with Crippen molar-refractivity contribution in [3.8, 4) is 0 Å². The molecule has 10 heteroatoms. The number of benzene rings is 1. The van der Waals surface area contributed by atoms with E-state index in [-0.39, 0.29) is 5.02 Å². The Kier molecular flexibility index (Phi) is 4.67. The summed E-state index contributed by atoms with van der Waals surface area (Å²) >= 11 is 5.52. The van der Waals surface area contributed by atoms with Crippen molar-refractivity contribution in [3.05, 3.63) is 23.0 Å². The van der Waals surface area contributed by atoms with Crippen molar-refractivity contribution in [2.24, 2.45) is 0 Å². The van der Waals surface area contributed by atoms with E-state index >= 15 is 0 Å². The van der Waals surface area contributed by atoms with Gasteiger partial charge in [0.05, 0.1) is 12.2 Å². The molecular formula is C9H10ClF3N2O3S. The second-order valence-corrected chi connectivity index (χ2v) is 5.82. The minimum Gasteiger partial charge on any atom is -0.396 e. The van der Waals surface area contributed by atoms with Crippen molar-refractivity contribution >= 4 is 27.3 Å². The molecule has 0 unspecified atom stereocenters. The zero-order valence-electron chi connectivity index (χ0n) is 9.33. The first kappa shape index (κ1) is 16.0. The molecule has 0 spiro atoms. The summed E-state index contributed by atoms with van der Waals surface area (Å²) in [6.07, 6.45) is 0. The number of nitrogen functional groups attached to an aromatic ring is 1. The molecule has 5 nitrogen and oxygen atoms in total. The van der Waals surface area contributed by atoms with E-state index in [9.17, 15) is 21.6 Å². The van der Waals surface area contributed by atoms with Crippen LogP contribution in [0.3, 0.4) is 0 Å². The molecule has 0 radical (unpaired) electrons. The predicted octanol–water partition coefficient (Wildman–Crippen LogP) is 0.967. The average Bonchev–Trinajstić information content (AvgIpc) is 2.31.